The number of rotatable bonds is 4. The van der Waals surface area contributed by atoms with Crippen LogP contribution in [0.25, 0.3) is 0 Å². The molecule has 1 saturated heterocycles. The van der Waals surface area contributed by atoms with Crippen LogP contribution in [0.4, 0.5) is 0 Å². The van der Waals surface area contributed by atoms with Crippen LogP contribution in [0.3, 0.4) is 0 Å². The van der Waals surface area contributed by atoms with Crippen LogP contribution in [-0.4, -0.2) is 40.8 Å². The molecule has 1 aliphatic rings. The second-order valence-corrected chi connectivity index (χ2v) is 4.11. The Balaban J connectivity index is 0.00000180. The molecule has 1 aliphatic heterocycles. The number of carbonyl (C=O) groups is 2. The fourth-order valence-electron chi connectivity index (χ4n) is 1.88. The van der Waals surface area contributed by atoms with Gasteiger partial charge in [0.15, 0.2) is 0 Å². The summed E-state index contributed by atoms with van der Waals surface area (Å²) in [5, 5.41) is 20.5. The fraction of sp³-hybridized carbons (Fsp3) is 0.333. The molecule has 0 spiro atoms. The lowest BCUT2D eigenvalue weighted by Gasteiger charge is -2.12. The van der Waals surface area contributed by atoms with Gasteiger partial charge in [-0.25, -0.2) is 4.79 Å². The van der Waals surface area contributed by atoms with E-state index in [2.05, 4.69) is 5.32 Å². The summed E-state index contributed by atoms with van der Waals surface area (Å²) in [5.41, 5.74) is 0.147. The standard InChI is InChI=1S/C12H13NO5.ClH/c14-11(15)7-2-1-3-8(4-7)18-9-5-10(12(16)17)13-6-9;/h1-4,9-10,13H,5-6H2,(H,14,15)(H,16,17);1H/t9-,10+;/m1./s1. The second-order valence-electron chi connectivity index (χ2n) is 4.11. The monoisotopic (exact) mass is 287 g/mol. The van der Waals surface area contributed by atoms with Crippen molar-refractivity contribution >= 4 is 24.3 Å². The van der Waals surface area contributed by atoms with Gasteiger partial charge >= 0.3 is 11.9 Å². The lowest BCUT2D eigenvalue weighted by Crippen LogP contribution is -2.30. The SMILES string of the molecule is Cl.O=C(O)c1cccc(O[C@H]2CN[C@H](C(=O)O)C2)c1. The molecule has 0 unspecified atom stereocenters. The van der Waals surface area contributed by atoms with E-state index in [1.165, 1.54) is 12.1 Å². The molecule has 0 amide bonds. The molecule has 1 heterocycles. The van der Waals surface area contributed by atoms with E-state index in [1.54, 1.807) is 12.1 Å². The molecule has 0 radical (unpaired) electrons. The third-order valence-electron chi connectivity index (χ3n) is 2.77. The average molecular weight is 288 g/mol. The maximum Gasteiger partial charge on any atom is 0.335 e. The van der Waals surface area contributed by atoms with Gasteiger partial charge in [-0.15, -0.1) is 12.4 Å². The van der Waals surface area contributed by atoms with Gasteiger partial charge < -0.3 is 20.3 Å². The molecule has 6 nitrogen and oxygen atoms in total. The van der Waals surface area contributed by atoms with Crippen LogP contribution in [0.5, 0.6) is 5.75 Å². The average Bonchev–Trinajstić information content (AvgIpc) is 2.78. The van der Waals surface area contributed by atoms with Gasteiger partial charge in [0.05, 0.1) is 5.56 Å². The highest BCUT2D eigenvalue weighted by molar-refractivity contribution is 5.88. The first-order valence-corrected chi connectivity index (χ1v) is 5.52. The van der Waals surface area contributed by atoms with E-state index in [0.29, 0.717) is 18.7 Å². The van der Waals surface area contributed by atoms with E-state index in [9.17, 15) is 9.59 Å². The van der Waals surface area contributed by atoms with Crippen molar-refractivity contribution in [2.75, 3.05) is 6.54 Å². The van der Waals surface area contributed by atoms with Gasteiger partial charge in [-0.1, -0.05) is 6.07 Å². The molecule has 7 heteroatoms. The van der Waals surface area contributed by atoms with Crippen molar-refractivity contribution in [3.63, 3.8) is 0 Å². The number of hydrogen-bond acceptors (Lipinski definition) is 4. The first-order valence-electron chi connectivity index (χ1n) is 5.52. The minimum absolute atomic E-state index is 0. The van der Waals surface area contributed by atoms with Crippen molar-refractivity contribution in [1.82, 2.24) is 5.32 Å². The Hall–Kier alpha value is -1.79. The first-order chi connectivity index (χ1) is 8.56. The number of aliphatic carboxylic acids is 1. The number of carboxylic acids is 2. The molecule has 0 bridgehead atoms. The molecule has 1 fully saturated rings. The summed E-state index contributed by atoms with van der Waals surface area (Å²) in [7, 11) is 0. The van der Waals surface area contributed by atoms with Crippen molar-refractivity contribution in [1.29, 1.82) is 0 Å². The molecule has 1 aromatic carbocycles. The van der Waals surface area contributed by atoms with Crippen molar-refractivity contribution in [3.8, 4) is 5.75 Å². The van der Waals surface area contributed by atoms with E-state index in [4.69, 9.17) is 14.9 Å². The maximum atomic E-state index is 10.8. The molecule has 0 aromatic heterocycles. The smallest absolute Gasteiger partial charge is 0.335 e. The Morgan fingerprint density at radius 2 is 2.05 bits per heavy atom. The molecule has 1 aromatic rings. The van der Waals surface area contributed by atoms with Crippen molar-refractivity contribution in [3.05, 3.63) is 29.8 Å². The van der Waals surface area contributed by atoms with E-state index in [-0.39, 0.29) is 24.1 Å². The lowest BCUT2D eigenvalue weighted by atomic mass is 10.2. The highest BCUT2D eigenvalue weighted by Crippen LogP contribution is 2.19. The summed E-state index contributed by atoms with van der Waals surface area (Å²) < 4.78 is 5.56. The summed E-state index contributed by atoms with van der Waals surface area (Å²) in [6.45, 7) is 0.439. The van der Waals surface area contributed by atoms with E-state index < -0.39 is 18.0 Å². The van der Waals surface area contributed by atoms with Crippen LogP contribution in [0.2, 0.25) is 0 Å². The summed E-state index contributed by atoms with van der Waals surface area (Å²) >= 11 is 0. The quantitative estimate of drug-likeness (QED) is 0.764. The van der Waals surface area contributed by atoms with Gasteiger partial charge in [-0.3, -0.25) is 4.79 Å². The zero-order valence-electron chi connectivity index (χ0n) is 9.91. The number of aromatic carboxylic acids is 1. The second kappa shape index (κ2) is 6.40. The number of halogens is 1. The summed E-state index contributed by atoms with van der Waals surface area (Å²) in [6.07, 6.45) is 0.113. The molecular weight excluding hydrogens is 274 g/mol. The molecule has 0 aliphatic carbocycles. The highest BCUT2D eigenvalue weighted by atomic mass is 35.5. The lowest BCUT2D eigenvalue weighted by molar-refractivity contribution is -0.139. The van der Waals surface area contributed by atoms with Crippen LogP contribution in [0.15, 0.2) is 24.3 Å². The predicted octanol–water partition coefficient (Wildman–Crippen LogP) is 1.00. The third-order valence-corrected chi connectivity index (χ3v) is 2.77. The van der Waals surface area contributed by atoms with Crippen LogP contribution < -0.4 is 10.1 Å². The Kier molecular flexibility index (Phi) is 5.14. The number of hydrogen-bond donors (Lipinski definition) is 3. The molecule has 3 N–H and O–H groups in total. The summed E-state index contributed by atoms with van der Waals surface area (Å²) in [5.74, 6) is -1.48. The van der Waals surface area contributed by atoms with Gasteiger partial charge in [0.25, 0.3) is 0 Å². The number of carboxylic acid groups (broad SMARTS) is 2. The zero-order chi connectivity index (χ0) is 13.1. The summed E-state index contributed by atoms with van der Waals surface area (Å²) in [6, 6.07) is 5.55. The topological polar surface area (TPSA) is 95.9 Å². The molecule has 2 rings (SSSR count). The van der Waals surface area contributed by atoms with Gasteiger partial charge in [0.2, 0.25) is 0 Å². The van der Waals surface area contributed by atoms with E-state index in [1.807, 2.05) is 0 Å². The molecule has 0 saturated carbocycles. The number of benzene rings is 1. The first kappa shape index (κ1) is 15.3. The Morgan fingerprint density at radius 1 is 1.32 bits per heavy atom. The van der Waals surface area contributed by atoms with Crippen LogP contribution in [0.1, 0.15) is 16.8 Å². The largest absolute Gasteiger partial charge is 0.489 e. The van der Waals surface area contributed by atoms with Crippen molar-refractivity contribution in [2.45, 2.75) is 18.6 Å². The van der Waals surface area contributed by atoms with Crippen molar-refractivity contribution < 1.29 is 24.5 Å². The highest BCUT2D eigenvalue weighted by Gasteiger charge is 2.30. The van der Waals surface area contributed by atoms with Crippen LogP contribution in [0, 0.1) is 0 Å². The van der Waals surface area contributed by atoms with Gasteiger partial charge in [-0.05, 0) is 18.2 Å². The van der Waals surface area contributed by atoms with Gasteiger partial charge in [0, 0.05) is 13.0 Å². The normalized spacial score (nSPS) is 21.5. The van der Waals surface area contributed by atoms with Gasteiger partial charge in [0.1, 0.15) is 17.9 Å². The van der Waals surface area contributed by atoms with Gasteiger partial charge in [-0.2, -0.15) is 0 Å². The molecule has 104 valence electrons. The maximum absolute atomic E-state index is 10.8. The number of ether oxygens (including phenoxy) is 1. The zero-order valence-corrected chi connectivity index (χ0v) is 10.7. The number of nitrogens with one attached hydrogen (secondary N) is 1. The molecule has 19 heavy (non-hydrogen) atoms. The Labute approximate surface area is 115 Å². The van der Waals surface area contributed by atoms with E-state index in [0.717, 1.165) is 0 Å². The molecular formula is C12H14ClNO5. The van der Waals surface area contributed by atoms with Crippen LogP contribution in [-0.2, 0) is 4.79 Å². The Bertz CT molecular complexity index is 479. The predicted molar refractivity (Wildman–Crippen MR) is 69.1 cm³/mol. The fourth-order valence-corrected chi connectivity index (χ4v) is 1.88. The summed E-state index contributed by atoms with van der Waals surface area (Å²) in [4.78, 5) is 21.5. The Morgan fingerprint density at radius 3 is 2.63 bits per heavy atom. The molecule has 2 atom stereocenters. The van der Waals surface area contributed by atoms with Crippen LogP contribution >= 0.6 is 12.4 Å². The van der Waals surface area contributed by atoms with E-state index >= 15 is 0 Å². The third kappa shape index (κ3) is 3.84. The minimum Gasteiger partial charge on any atom is -0.489 e. The van der Waals surface area contributed by atoms with Crippen molar-refractivity contribution in [2.24, 2.45) is 0 Å². The minimum atomic E-state index is -1.02.